The standard InChI is InChI=1S/C16H19N3O4S/c1-11-4-6-14(10-16(11)19(20)21)24(22,23)18-9-8-17-12(2)5-7-15(17)13(18)3/h4-7,10,13H,8-9H2,1-3H3/t13-/m1/s1. The van der Waals surface area contributed by atoms with Gasteiger partial charge in [-0.3, -0.25) is 10.1 Å². The molecule has 1 atom stereocenters. The molecule has 0 radical (unpaired) electrons. The van der Waals surface area contributed by atoms with Gasteiger partial charge in [-0.25, -0.2) is 8.42 Å². The molecule has 8 heteroatoms. The smallest absolute Gasteiger partial charge is 0.273 e. The molecule has 3 rings (SSSR count). The highest BCUT2D eigenvalue weighted by Gasteiger charge is 2.35. The first kappa shape index (κ1) is 16.7. The highest BCUT2D eigenvalue weighted by Crippen LogP contribution is 2.33. The number of sulfonamides is 1. The van der Waals surface area contributed by atoms with Gasteiger partial charge in [-0.15, -0.1) is 0 Å². The first-order chi connectivity index (χ1) is 11.2. The van der Waals surface area contributed by atoms with E-state index in [2.05, 4.69) is 4.57 Å². The Hall–Kier alpha value is -2.19. The van der Waals surface area contributed by atoms with Gasteiger partial charge in [0, 0.05) is 36.1 Å². The van der Waals surface area contributed by atoms with E-state index < -0.39 is 14.9 Å². The van der Waals surface area contributed by atoms with Crippen molar-refractivity contribution in [1.82, 2.24) is 8.87 Å². The summed E-state index contributed by atoms with van der Waals surface area (Å²) in [4.78, 5) is 10.5. The van der Waals surface area contributed by atoms with Gasteiger partial charge in [-0.05, 0) is 39.0 Å². The van der Waals surface area contributed by atoms with Crippen LogP contribution in [0.25, 0.3) is 0 Å². The number of nitro benzene ring substituents is 1. The number of hydrogen-bond acceptors (Lipinski definition) is 4. The van der Waals surface area contributed by atoms with E-state index in [0.717, 1.165) is 17.5 Å². The minimum absolute atomic E-state index is 0.0385. The van der Waals surface area contributed by atoms with Crippen LogP contribution in [-0.2, 0) is 16.6 Å². The van der Waals surface area contributed by atoms with Crippen molar-refractivity contribution in [3.63, 3.8) is 0 Å². The second kappa shape index (κ2) is 5.71. The molecule has 0 aliphatic carbocycles. The fraction of sp³-hybridized carbons (Fsp3) is 0.375. The maximum absolute atomic E-state index is 13.0. The Labute approximate surface area is 140 Å². The highest BCUT2D eigenvalue weighted by atomic mass is 32.2. The Balaban J connectivity index is 2.03. The van der Waals surface area contributed by atoms with Crippen LogP contribution in [0.5, 0.6) is 0 Å². The number of rotatable bonds is 3. The fourth-order valence-corrected chi connectivity index (χ4v) is 4.83. The second-order valence-corrected chi connectivity index (χ2v) is 7.94. The molecule has 1 aliphatic rings. The van der Waals surface area contributed by atoms with Gasteiger partial charge >= 0.3 is 0 Å². The largest absolute Gasteiger partial charge is 0.346 e. The van der Waals surface area contributed by atoms with Gasteiger partial charge in [-0.2, -0.15) is 4.31 Å². The SMILES string of the molecule is Cc1ccc(S(=O)(=O)N2CCn3c(C)ccc3[C@H]2C)cc1[N+](=O)[O-]. The summed E-state index contributed by atoms with van der Waals surface area (Å²) >= 11 is 0. The topological polar surface area (TPSA) is 85.5 Å². The summed E-state index contributed by atoms with van der Waals surface area (Å²) < 4.78 is 29.5. The zero-order valence-corrected chi connectivity index (χ0v) is 14.6. The van der Waals surface area contributed by atoms with Crippen LogP contribution in [0.1, 0.15) is 29.9 Å². The number of aromatic nitrogens is 1. The second-order valence-electron chi connectivity index (χ2n) is 6.05. The van der Waals surface area contributed by atoms with Crippen LogP contribution in [0, 0.1) is 24.0 Å². The van der Waals surface area contributed by atoms with E-state index in [0.29, 0.717) is 18.7 Å². The Bertz CT molecular complexity index is 917. The van der Waals surface area contributed by atoms with Gasteiger partial charge in [0.25, 0.3) is 5.69 Å². The predicted octanol–water partition coefficient (Wildman–Crippen LogP) is 2.78. The average Bonchev–Trinajstić information content (AvgIpc) is 2.89. The lowest BCUT2D eigenvalue weighted by Gasteiger charge is -2.34. The molecule has 0 spiro atoms. The summed E-state index contributed by atoms with van der Waals surface area (Å²) in [5.41, 5.74) is 2.29. The number of benzene rings is 1. The third-order valence-electron chi connectivity index (χ3n) is 4.62. The van der Waals surface area contributed by atoms with Crippen LogP contribution in [0.3, 0.4) is 0 Å². The molecule has 0 saturated carbocycles. The van der Waals surface area contributed by atoms with E-state index in [1.165, 1.54) is 16.4 Å². The molecule has 0 amide bonds. The van der Waals surface area contributed by atoms with Crippen LogP contribution in [0.2, 0.25) is 0 Å². The van der Waals surface area contributed by atoms with Crippen molar-refractivity contribution in [2.24, 2.45) is 0 Å². The van der Waals surface area contributed by atoms with Crippen molar-refractivity contribution in [1.29, 1.82) is 0 Å². The van der Waals surface area contributed by atoms with E-state index in [-0.39, 0.29) is 16.6 Å². The molecular weight excluding hydrogens is 330 g/mol. The Morgan fingerprint density at radius 3 is 2.54 bits per heavy atom. The highest BCUT2D eigenvalue weighted by molar-refractivity contribution is 7.89. The Kier molecular flexibility index (Phi) is 3.97. The zero-order chi connectivity index (χ0) is 17.6. The van der Waals surface area contributed by atoms with Gasteiger partial charge in [0.2, 0.25) is 10.0 Å². The number of fused-ring (bicyclic) bond motifs is 1. The Morgan fingerprint density at radius 2 is 1.88 bits per heavy atom. The number of hydrogen-bond donors (Lipinski definition) is 0. The molecule has 0 fully saturated rings. The van der Waals surface area contributed by atoms with Crippen LogP contribution < -0.4 is 0 Å². The maximum Gasteiger partial charge on any atom is 0.273 e. The molecule has 2 aromatic rings. The molecule has 1 aromatic carbocycles. The van der Waals surface area contributed by atoms with E-state index in [9.17, 15) is 18.5 Å². The van der Waals surface area contributed by atoms with Crippen molar-refractivity contribution in [3.8, 4) is 0 Å². The molecule has 7 nitrogen and oxygen atoms in total. The molecule has 0 bridgehead atoms. The van der Waals surface area contributed by atoms with Crippen molar-refractivity contribution in [3.05, 3.63) is 57.4 Å². The quantitative estimate of drug-likeness (QED) is 0.630. The van der Waals surface area contributed by atoms with Gasteiger partial charge in [0.1, 0.15) is 0 Å². The lowest BCUT2D eigenvalue weighted by atomic mass is 10.2. The number of nitro groups is 1. The molecule has 24 heavy (non-hydrogen) atoms. The molecular formula is C16H19N3O4S. The average molecular weight is 349 g/mol. The summed E-state index contributed by atoms with van der Waals surface area (Å²) in [5, 5.41) is 11.1. The molecule has 1 aliphatic heterocycles. The molecule has 1 aromatic heterocycles. The summed E-state index contributed by atoms with van der Waals surface area (Å²) in [6.07, 6.45) is 0. The minimum Gasteiger partial charge on any atom is -0.346 e. The van der Waals surface area contributed by atoms with E-state index in [4.69, 9.17) is 0 Å². The minimum atomic E-state index is -3.80. The summed E-state index contributed by atoms with van der Waals surface area (Å²) in [5.74, 6) is 0. The van der Waals surface area contributed by atoms with Crippen LogP contribution in [-0.4, -0.2) is 28.8 Å². The zero-order valence-electron chi connectivity index (χ0n) is 13.8. The maximum atomic E-state index is 13.0. The van der Waals surface area contributed by atoms with Crippen molar-refractivity contribution in [2.75, 3.05) is 6.54 Å². The van der Waals surface area contributed by atoms with Gasteiger partial charge < -0.3 is 4.57 Å². The van der Waals surface area contributed by atoms with Crippen molar-refractivity contribution < 1.29 is 13.3 Å². The van der Waals surface area contributed by atoms with E-state index in [1.807, 2.05) is 26.0 Å². The fourth-order valence-electron chi connectivity index (χ4n) is 3.21. The third kappa shape index (κ3) is 2.51. The van der Waals surface area contributed by atoms with Crippen LogP contribution in [0.15, 0.2) is 35.2 Å². The number of aryl methyl sites for hydroxylation is 2. The van der Waals surface area contributed by atoms with Gasteiger partial charge in [-0.1, -0.05) is 6.07 Å². The van der Waals surface area contributed by atoms with Crippen molar-refractivity contribution >= 4 is 15.7 Å². The third-order valence-corrected chi connectivity index (χ3v) is 6.59. The summed E-state index contributed by atoms with van der Waals surface area (Å²) in [7, 11) is -3.80. The molecule has 2 heterocycles. The van der Waals surface area contributed by atoms with E-state index >= 15 is 0 Å². The normalized spacial score (nSPS) is 18.4. The molecule has 0 saturated heterocycles. The predicted molar refractivity (Wildman–Crippen MR) is 89.3 cm³/mol. The van der Waals surface area contributed by atoms with Crippen LogP contribution >= 0.6 is 0 Å². The summed E-state index contributed by atoms with van der Waals surface area (Å²) in [6, 6.07) is 7.64. The van der Waals surface area contributed by atoms with Crippen LogP contribution in [0.4, 0.5) is 5.69 Å². The molecule has 0 unspecified atom stereocenters. The van der Waals surface area contributed by atoms with E-state index in [1.54, 1.807) is 6.92 Å². The summed E-state index contributed by atoms with van der Waals surface area (Å²) in [6.45, 7) is 6.33. The molecule has 0 N–H and O–H groups in total. The Morgan fingerprint density at radius 1 is 1.17 bits per heavy atom. The monoisotopic (exact) mass is 349 g/mol. The first-order valence-electron chi connectivity index (χ1n) is 7.66. The lowest BCUT2D eigenvalue weighted by molar-refractivity contribution is -0.385. The first-order valence-corrected chi connectivity index (χ1v) is 9.10. The lowest BCUT2D eigenvalue weighted by Crippen LogP contribution is -2.41. The van der Waals surface area contributed by atoms with Gasteiger partial charge in [0.15, 0.2) is 0 Å². The number of nitrogens with zero attached hydrogens (tertiary/aromatic N) is 3. The molecule has 128 valence electrons. The van der Waals surface area contributed by atoms with Gasteiger partial charge in [0.05, 0.1) is 15.9 Å². The van der Waals surface area contributed by atoms with Crippen molar-refractivity contribution in [2.45, 2.75) is 38.3 Å².